The van der Waals surface area contributed by atoms with Gasteiger partial charge in [0.05, 0.1) is 5.52 Å². The predicted octanol–water partition coefficient (Wildman–Crippen LogP) is 2.55. The Bertz CT molecular complexity index is 875. The second-order valence-corrected chi connectivity index (χ2v) is 8.06. The van der Waals surface area contributed by atoms with Gasteiger partial charge in [-0.1, -0.05) is 12.1 Å². The maximum absolute atomic E-state index is 12.9. The molecule has 144 valence electrons. The van der Waals surface area contributed by atoms with Crippen molar-refractivity contribution in [2.45, 2.75) is 39.2 Å². The molecule has 1 aromatic heterocycles. The lowest BCUT2D eigenvalue weighted by molar-refractivity contribution is -0.133. The van der Waals surface area contributed by atoms with E-state index in [-0.39, 0.29) is 11.3 Å². The molecule has 2 saturated heterocycles. The Hall–Kier alpha value is -2.14. The van der Waals surface area contributed by atoms with Crippen LogP contribution in [0.5, 0.6) is 0 Å². The SMILES string of the molecule is Cc1cc(=O)c2ccccc2n1CC(=O)N1CCC(C2CCNCC2)CC1. The van der Waals surface area contributed by atoms with Gasteiger partial charge in [0.1, 0.15) is 6.54 Å². The van der Waals surface area contributed by atoms with Gasteiger partial charge in [-0.3, -0.25) is 9.59 Å². The van der Waals surface area contributed by atoms with E-state index in [1.165, 1.54) is 12.8 Å². The van der Waals surface area contributed by atoms with Crippen LogP contribution >= 0.6 is 0 Å². The van der Waals surface area contributed by atoms with E-state index in [9.17, 15) is 9.59 Å². The molecule has 0 saturated carbocycles. The maximum Gasteiger partial charge on any atom is 0.242 e. The number of fused-ring (bicyclic) bond motifs is 1. The van der Waals surface area contributed by atoms with E-state index >= 15 is 0 Å². The number of likely N-dealkylation sites (tertiary alicyclic amines) is 1. The van der Waals surface area contributed by atoms with E-state index < -0.39 is 0 Å². The molecule has 3 heterocycles. The molecular weight excluding hydrogens is 338 g/mol. The van der Waals surface area contributed by atoms with Crippen molar-refractivity contribution in [1.82, 2.24) is 14.8 Å². The summed E-state index contributed by atoms with van der Waals surface area (Å²) in [5, 5.41) is 4.12. The topological polar surface area (TPSA) is 54.3 Å². The number of hydrogen-bond donors (Lipinski definition) is 1. The summed E-state index contributed by atoms with van der Waals surface area (Å²) in [6.07, 6.45) is 4.81. The molecule has 4 rings (SSSR count). The quantitative estimate of drug-likeness (QED) is 0.907. The second kappa shape index (κ2) is 7.85. The van der Waals surface area contributed by atoms with Crippen LogP contribution in [0.2, 0.25) is 0 Å². The number of nitrogens with zero attached hydrogens (tertiary/aromatic N) is 2. The average Bonchev–Trinajstić information content (AvgIpc) is 2.72. The fourth-order valence-corrected chi connectivity index (χ4v) is 4.83. The molecule has 2 aliphatic heterocycles. The number of carbonyl (C=O) groups excluding carboxylic acids is 1. The van der Waals surface area contributed by atoms with Gasteiger partial charge in [0, 0.05) is 30.2 Å². The summed E-state index contributed by atoms with van der Waals surface area (Å²) < 4.78 is 1.98. The number of hydrogen-bond acceptors (Lipinski definition) is 3. The van der Waals surface area contributed by atoms with Crippen LogP contribution in [0.1, 0.15) is 31.4 Å². The predicted molar refractivity (Wildman–Crippen MR) is 108 cm³/mol. The maximum atomic E-state index is 12.9. The van der Waals surface area contributed by atoms with Crippen molar-refractivity contribution >= 4 is 16.8 Å². The van der Waals surface area contributed by atoms with Crippen molar-refractivity contribution in [2.75, 3.05) is 26.2 Å². The van der Waals surface area contributed by atoms with Gasteiger partial charge < -0.3 is 14.8 Å². The molecule has 1 amide bonds. The number of piperidine rings is 2. The van der Waals surface area contributed by atoms with Crippen LogP contribution < -0.4 is 10.7 Å². The summed E-state index contributed by atoms with van der Waals surface area (Å²) in [5.74, 6) is 1.76. The number of para-hydroxylation sites is 1. The van der Waals surface area contributed by atoms with Crippen LogP contribution in [0.3, 0.4) is 0 Å². The van der Waals surface area contributed by atoms with Gasteiger partial charge >= 0.3 is 0 Å². The average molecular weight is 367 g/mol. The normalized spacial score (nSPS) is 19.5. The standard InChI is InChI=1S/C22H29N3O2/c1-16-14-21(26)19-4-2-3-5-20(19)25(16)15-22(27)24-12-8-18(9-13-24)17-6-10-23-11-7-17/h2-5,14,17-18,23H,6-13,15H2,1H3. The lowest BCUT2D eigenvalue weighted by atomic mass is 9.79. The van der Waals surface area contributed by atoms with E-state index in [1.807, 2.05) is 40.7 Å². The van der Waals surface area contributed by atoms with Crippen LogP contribution in [-0.4, -0.2) is 41.6 Å². The lowest BCUT2D eigenvalue weighted by Gasteiger charge is -2.38. The molecule has 0 aliphatic carbocycles. The highest BCUT2D eigenvalue weighted by Crippen LogP contribution is 2.30. The van der Waals surface area contributed by atoms with Gasteiger partial charge in [-0.15, -0.1) is 0 Å². The van der Waals surface area contributed by atoms with Crippen LogP contribution in [0.4, 0.5) is 0 Å². The van der Waals surface area contributed by atoms with Crippen molar-refractivity contribution in [3.8, 4) is 0 Å². The van der Waals surface area contributed by atoms with E-state index in [1.54, 1.807) is 6.07 Å². The third kappa shape index (κ3) is 3.79. The van der Waals surface area contributed by atoms with Crippen molar-refractivity contribution in [1.29, 1.82) is 0 Å². The smallest absolute Gasteiger partial charge is 0.242 e. The molecule has 2 fully saturated rings. The number of aromatic nitrogens is 1. The van der Waals surface area contributed by atoms with Crippen molar-refractivity contribution < 1.29 is 4.79 Å². The molecule has 5 nitrogen and oxygen atoms in total. The van der Waals surface area contributed by atoms with E-state index in [4.69, 9.17) is 0 Å². The Morgan fingerprint density at radius 3 is 2.48 bits per heavy atom. The highest BCUT2D eigenvalue weighted by molar-refractivity contribution is 5.82. The minimum absolute atomic E-state index is 0.0228. The summed E-state index contributed by atoms with van der Waals surface area (Å²) >= 11 is 0. The van der Waals surface area contributed by atoms with Gasteiger partial charge in [-0.2, -0.15) is 0 Å². The summed E-state index contributed by atoms with van der Waals surface area (Å²) in [5.41, 5.74) is 1.71. The van der Waals surface area contributed by atoms with E-state index in [0.29, 0.717) is 11.9 Å². The van der Waals surface area contributed by atoms with Gasteiger partial charge in [0.2, 0.25) is 5.91 Å². The Kier molecular flexibility index (Phi) is 5.30. The van der Waals surface area contributed by atoms with Crippen molar-refractivity contribution in [3.63, 3.8) is 0 Å². The number of carbonyl (C=O) groups is 1. The molecule has 0 bridgehead atoms. The van der Waals surface area contributed by atoms with E-state index in [2.05, 4.69) is 5.32 Å². The zero-order valence-electron chi connectivity index (χ0n) is 16.1. The summed E-state index contributed by atoms with van der Waals surface area (Å²) in [6, 6.07) is 9.20. The first-order valence-electron chi connectivity index (χ1n) is 10.2. The molecule has 5 heteroatoms. The van der Waals surface area contributed by atoms with Crippen molar-refractivity contribution in [2.24, 2.45) is 11.8 Å². The molecule has 0 spiro atoms. The molecule has 2 aliphatic rings. The summed E-state index contributed by atoms with van der Waals surface area (Å²) in [7, 11) is 0. The highest BCUT2D eigenvalue weighted by Gasteiger charge is 2.29. The highest BCUT2D eigenvalue weighted by atomic mass is 16.2. The zero-order chi connectivity index (χ0) is 18.8. The lowest BCUT2D eigenvalue weighted by Crippen LogP contribution is -2.43. The van der Waals surface area contributed by atoms with E-state index in [0.717, 1.165) is 62.1 Å². The van der Waals surface area contributed by atoms with Gasteiger partial charge in [0.25, 0.3) is 0 Å². The first-order valence-corrected chi connectivity index (χ1v) is 10.2. The number of aryl methyl sites for hydroxylation is 1. The third-order valence-corrected chi connectivity index (χ3v) is 6.46. The minimum Gasteiger partial charge on any atom is -0.341 e. The van der Waals surface area contributed by atoms with Gasteiger partial charge in [0.15, 0.2) is 5.43 Å². The van der Waals surface area contributed by atoms with Gasteiger partial charge in [-0.25, -0.2) is 0 Å². The summed E-state index contributed by atoms with van der Waals surface area (Å²) in [6.45, 7) is 6.23. The zero-order valence-corrected chi connectivity index (χ0v) is 16.1. The summed E-state index contributed by atoms with van der Waals surface area (Å²) in [4.78, 5) is 27.2. The van der Waals surface area contributed by atoms with Crippen LogP contribution in [0.15, 0.2) is 35.1 Å². The monoisotopic (exact) mass is 367 g/mol. The van der Waals surface area contributed by atoms with Crippen LogP contribution in [-0.2, 0) is 11.3 Å². The first kappa shape index (κ1) is 18.2. The molecule has 0 atom stereocenters. The van der Waals surface area contributed by atoms with Gasteiger partial charge in [-0.05, 0) is 69.7 Å². The number of amides is 1. The Morgan fingerprint density at radius 2 is 1.74 bits per heavy atom. The molecule has 0 radical (unpaired) electrons. The first-order chi connectivity index (χ1) is 13.1. The van der Waals surface area contributed by atoms with Crippen LogP contribution in [0.25, 0.3) is 10.9 Å². The molecule has 2 aromatic rings. The molecule has 27 heavy (non-hydrogen) atoms. The fourth-order valence-electron chi connectivity index (χ4n) is 4.83. The van der Waals surface area contributed by atoms with Crippen LogP contribution in [0, 0.1) is 18.8 Å². The Labute approximate surface area is 160 Å². The Morgan fingerprint density at radius 1 is 1.07 bits per heavy atom. The third-order valence-electron chi connectivity index (χ3n) is 6.46. The minimum atomic E-state index is 0.0228. The fraction of sp³-hybridized carbons (Fsp3) is 0.545. The molecular formula is C22H29N3O2. The number of rotatable bonds is 3. The number of nitrogens with one attached hydrogen (secondary N) is 1. The number of pyridine rings is 1. The molecule has 0 unspecified atom stereocenters. The largest absolute Gasteiger partial charge is 0.341 e. The second-order valence-electron chi connectivity index (χ2n) is 8.06. The Balaban J connectivity index is 1.44. The van der Waals surface area contributed by atoms with Crippen molar-refractivity contribution in [3.05, 3.63) is 46.2 Å². The molecule has 1 N–H and O–H groups in total. The molecule has 1 aromatic carbocycles. The number of benzene rings is 1.